The number of hydrogen-bond acceptors (Lipinski definition) is 6. The van der Waals surface area contributed by atoms with Crippen LogP contribution >= 0.6 is 35.0 Å². The van der Waals surface area contributed by atoms with Gasteiger partial charge in [0.2, 0.25) is 5.88 Å². The van der Waals surface area contributed by atoms with Gasteiger partial charge in [-0.15, -0.1) is 0 Å². The molecule has 0 spiro atoms. The number of carbonyl (C=O) groups is 1. The Kier molecular flexibility index (Phi) is 8.17. The van der Waals surface area contributed by atoms with E-state index in [0.717, 1.165) is 4.90 Å². The van der Waals surface area contributed by atoms with Gasteiger partial charge in [-0.3, -0.25) is 4.79 Å². The monoisotopic (exact) mass is 475 g/mol. The molecule has 1 N–H and O–H groups in total. The first-order valence-electron chi connectivity index (χ1n) is 9.16. The molecule has 160 valence electrons. The number of pyridine rings is 1. The molecule has 6 nitrogen and oxygen atoms in total. The summed E-state index contributed by atoms with van der Waals surface area (Å²) in [6.45, 7) is 0.111. The highest BCUT2D eigenvalue weighted by atomic mass is 35.5. The molecule has 0 saturated heterocycles. The fourth-order valence-corrected chi connectivity index (χ4v) is 3.98. The summed E-state index contributed by atoms with van der Waals surface area (Å²) in [6, 6.07) is 18.6. The van der Waals surface area contributed by atoms with E-state index in [2.05, 4.69) is 15.5 Å². The molecule has 0 fully saturated rings. The third-order valence-electron chi connectivity index (χ3n) is 4.08. The van der Waals surface area contributed by atoms with Gasteiger partial charge in [0.05, 0.1) is 5.02 Å². The summed E-state index contributed by atoms with van der Waals surface area (Å²) in [7, 11) is 2.90. The molecule has 0 bridgehead atoms. The Morgan fingerprint density at radius 3 is 2.52 bits per heavy atom. The van der Waals surface area contributed by atoms with E-state index in [1.807, 2.05) is 42.5 Å². The van der Waals surface area contributed by atoms with Crippen LogP contribution in [0.5, 0.6) is 5.88 Å². The van der Waals surface area contributed by atoms with Gasteiger partial charge in [-0.25, -0.2) is 4.98 Å². The van der Waals surface area contributed by atoms with Gasteiger partial charge in [-0.1, -0.05) is 82.6 Å². The molecule has 0 aliphatic carbocycles. The van der Waals surface area contributed by atoms with Crippen LogP contribution in [0.2, 0.25) is 10.0 Å². The molecule has 0 unspecified atom stereocenters. The lowest BCUT2D eigenvalue weighted by atomic mass is 10.0. The number of benzene rings is 2. The minimum absolute atomic E-state index is 0.111. The van der Waals surface area contributed by atoms with E-state index < -0.39 is 0 Å². The average molecular weight is 476 g/mol. The Balaban J connectivity index is 1.86. The quantitative estimate of drug-likeness (QED) is 0.357. The van der Waals surface area contributed by atoms with E-state index in [4.69, 9.17) is 32.8 Å². The highest BCUT2D eigenvalue weighted by Gasteiger charge is 2.18. The van der Waals surface area contributed by atoms with E-state index in [1.165, 1.54) is 25.9 Å². The summed E-state index contributed by atoms with van der Waals surface area (Å²) in [6.07, 6.45) is 0. The minimum atomic E-state index is -0.376. The standard InChI is InChI=1S/C22H19Cl2N3O3S/c1-25-20(28)19(27-29-2)16-11-7-6-8-14(16)13-30-21-17(23)12-18(24)22(26-21)31-15-9-4-3-5-10-15/h3-12H,13H2,1-2H3,(H,25,28). The van der Waals surface area contributed by atoms with Gasteiger partial charge in [-0.05, 0) is 23.8 Å². The van der Waals surface area contributed by atoms with Crippen LogP contribution < -0.4 is 10.1 Å². The van der Waals surface area contributed by atoms with Crippen molar-refractivity contribution in [3.63, 3.8) is 0 Å². The summed E-state index contributed by atoms with van der Waals surface area (Å²) in [5, 5.41) is 7.71. The summed E-state index contributed by atoms with van der Waals surface area (Å²) in [5.74, 6) is -0.136. The predicted molar refractivity (Wildman–Crippen MR) is 123 cm³/mol. The van der Waals surface area contributed by atoms with Crippen molar-refractivity contribution < 1.29 is 14.4 Å². The maximum absolute atomic E-state index is 12.2. The van der Waals surface area contributed by atoms with Gasteiger partial charge < -0.3 is 14.9 Å². The fourth-order valence-electron chi connectivity index (χ4n) is 2.65. The molecule has 1 aromatic heterocycles. The Bertz CT molecular complexity index is 1090. The predicted octanol–water partition coefficient (Wildman–Crippen LogP) is 5.22. The van der Waals surface area contributed by atoms with Crippen molar-refractivity contribution in [1.29, 1.82) is 0 Å². The highest BCUT2D eigenvalue weighted by Crippen LogP contribution is 2.36. The van der Waals surface area contributed by atoms with Gasteiger partial charge >= 0.3 is 0 Å². The summed E-state index contributed by atoms with van der Waals surface area (Å²) >= 11 is 14.0. The third kappa shape index (κ3) is 5.91. The van der Waals surface area contributed by atoms with E-state index in [0.29, 0.717) is 21.2 Å². The molecule has 0 radical (unpaired) electrons. The molecule has 0 aliphatic heterocycles. The number of aromatic nitrogens is 1. The number of halogens is 2. The average Bonchev–Trinajstić information content (AvgIpc) is 2.79. The van der Waals surface area contributed by atoms with Crippen LogP contribution in [0, 0.1) is 0 Å². The smallest absolute Gasteiger partial charge is 0.273 e. The third-order valence-corrected chi connectivity index (χ3v) is 5.77. The number of oxime groups is 1. The van der Waals surface area contributed by atoms with Crippen LogP contribution in [0.15, 0.2) is 75.7 Å². The molecule has 3 rings (SSSR count). The normalized spacial score (nSPS) is 11.2. The fraction of sp³-hybridized carbons (Fsp3) is 0.136. The molecule has 0 aliphatic rings. The molecule has 1 amide bonds. The van der Waals surface area contributed by atoms with E-state index in [9.17, 15) is 4.79 Å². The van der Waals surface area contributed by atoms with Gasteiger partial charge in [0.15, 0.2) is 5.71 Å². The Morgan fingerprint density at radius 2 is 1.81 bits per heavy atom. The van der Waals surface area contributed by atoms with Crippen LogP contribution in [0.1, 0.15) is 11.1 Å². The zero-order valence-corrected chi connectivity index (χ0v) is 19.1. The lowest BCUT2D eigenvalue weighted by Crippen LogP contribution is -2.29. The molecular weight excluding hydrogens is 457 g/mol. The van der Waals surface area contributed by atoms with E-state index in [1.54, 1.807) is 18.2 Å². The molecular formula is C22H19Cl2N3O3S. The number of carbonyl (C=O) groups excluding carboxylic acids is 1. The van der Waals surface area contributed by atoms with Crippen molar-refractivity contribution in [2.24, 2.45) is 5.16 Å². The first-order valence-corrected chi connectivity index (χ1v) is 10.7. The van der Waals surface area contributed by atoms with Crippen LogP contribution in [-0.2, 0) is 16.2 Å². The molecule has 0 atom stereocenters. The molecule has 2 aromatic carbocycles. The number of rotatable bonds is 8. The molecule has 31 heavy (non-hydrogen) atoms. The Labute approximate surface area is 194 Å². The Morgan fingerprint density at radius 1 is 1.10 bits per heavy atom. The topological polar surface area (TPSA) is 72.8 Å². The summed E-state index contributed by atoms with van der Waals surface area (Å²) in [4.78, 5) is 22.5. The SMILES string of the molecule is CNC(=O)C(=NOC)c1ccccc1COc1nc(Sc2ccccc2)c(Cl)cc1Cl. The number of ether oxygens (including phenoxy) is 1. The van der Waals surface area contributed by atoms with Crippen molar-refractivity contribution in [1.82, 2.24) is 10.3 Å². The second-order valence-corrected chi connectivity index (χ2v) is 8.00. The minimum Gasteiger partial charge on any atom is -0.472 e. The molecule has 1 heterocycles. The Hall–Kier alpha value is -2.74. The largest absolute Gasteiger partial charge is 0.472 e. The number of hydrogen-bond donors (Lipinski definition) is 1. The molecule has 0 saturated carbocycles. The first kappa shape index (κ1) is 22.9. The maximum atomic E-state index is 12.2. The molecule has 9 heteroatoms. The number of nitrogens with one attached hydrogen (secondary N) is 1. The van der Waals surface area contributed by atoms with Crippen LogP contribution in [0.25, 0.3) is 0 Å². The van der Waals surface area contributed by atoms with Gasteiger partial charge in [0.25, 0.3) is 5.91 Å². The summed E-state index contributed by atoms with van der Waals surface area (Å²) in [5.41, 5.74) is 1.43. The first-order chi connectivity index (χ1) is 15.0. The second kappa shape index (κ2) is 11.0. The van der Waals surface area contributed by atoms with Gasteiger partial charge in [0, 0.05) is 17.5 Å². The number of amides is 1. The zero-order chi connectivity index (χ0) is 22.2. The zero-order valence-electron chi connectivity index (χ0n) is 16.8. The maximum Gasteiger partial charge on any atom is 0.273 e. The van der Waals surface area contributed by atoms with Crippen LogP contribution in [0.4, 0.5) is 0 Å². The van der Waals surface area contributed by atoms with E-state index in [-0.39, 0.29) is 29.1 Å². The second-order valence-electron chi connectivity index (χ2n) is 6.12. The van der Waals surface area contributed by atoms with Crippen molar-refractivity contribution in [3.8, 4) is 5.88 Å². The van der Waals surface area contributed by atoms with Crippen LogP contribution in [-0.4, -0.2) is 30.8 Å². The van der Waals surface area contributed by atoms with Gasteiger partial charge in [-0.2, -0.15) is 0 Å². The van der Waals surface area contributed by atoms with Gasteiger partial charge in [0.1, 0.15) is 23.8 Å². The van der Waals surface area contributed by atoms with Crippen molar-refractivity contribution in [3.05, 3.63) is 81.8 Å². The highest BCUT2D eigenvalue weighted by molar-refractivity contribution is 7.99. The number of nitrogens with zero attached hydrogens (tertiary/aromatic N) is 2. The van der Waals surface area contributed by atoms with Crippen molar-refractivity contribution >= 4 is 46.6 Å². The van der Waals surface area contributed by atoms with E-state index >= 15 is 0 Å². The number of likely N-dealkylation sites (N-methyl/N-ethyl adjacent to an activating group) is 1. The lowest BCUT2D eigenvalue weighted by molar-refractivity contribution is -0.114. The lowest BCUT2D eigenvalue weighted by Gasteiger charge is -2.13. The van der Waals surface area contributed by atoms with Crippen molar-refractivity contribution in [2.75, 3.05) is 14.2 Å². The van der Waals surface area contributed by atoms with Crippen molar-refractivity contribution in [2.45, 2.75) is 16.5 Å². The molecule has 3 aromatic rings. The van der Waals surface area contributed by atoms with Crippen LogP contribution in [0.3, 0.4) is 0 Å². The summed E-state index contributed by atoms with van der Waals surface area (Å²) < 4.78 is 5.90.